The second-order valence-electron chi connectivity index (χ2n) is 7.16. The van der Waals surface area contributed by atoms with E-state index in [0.29, 0.717) is 16.5 Å². The Balaban J connectivity index is 1.90. The minimum Gasteiger partial charge on any atom is -0.396 e. The third-order valence-electron chi connectivity index (χ3n) is 4.55. The molecule has 0 saturated carbocycles. The largest absolute Gasteiger partial charge is 0.396 e. The molecule has 7 heteroatoms. The lowest BCUT2D eigenvalue weighted by Crippen LogP contribution is -2.08. The summed E-state index contributed by atoms with van der Waals surface area (Å²) in [6.45, 7) is 5.18. The fourth-order valence-electron chi connectivity index (χ4n) is 3.20. The Kier molecular flexibility index (Phi) is 8.01. The number of nitrogens with zero attached hydrogens (tertiary/aromatic N) is 3. The van der Waals surface area contributed by atoms with Crippen LogP contribution in [0.15, 0.2) is 52.6 Å². The molecular weight excluding hydrogens is 425 g/mol. The van der Waals surface area contributed by atoms with Gasteiger partial charge in [-0.05, 0) is 54.7 Å². The Morgan fingerprint density at radius 3 is 2.38 bits per heavy atom. The van der Waals surface area contributed by atoms with Crippen LogP contribution in [0.4, 0.5) is 0 Å². The quantitative estimate of drug-likeness (QED) is 0.433. The molecule has 0 spiro atoms. The zero-order valence-corrected chi connectivity index (χ0v) is 18.9. The lowest BCUT2D eigenvalue weighted by molar-refractivity contribution is 0.294. The summed E-state index contributed by atoms with van der Waals surface area (Å²) in [5.74, 6) is 1.19. The molecule has 4 nitrogen and oxygen atoms in total. The molecule has 0 fully saturated rings. The molecule has 0 aliphatic rings. The van der Waals surface area contributed by atoms with Gasteiger partial charge >= 0.3 is 0 Å². The van der Waals surface area contributed by atoms with E-state index in [4.69, 9.17) is 28.2 Å². The smallest absolute Gasteiger partial charge is 0.112 e. The third kappa shape index (κ3) is 5.98. The topological polar surface area (TPSA) is 50.9 Å². The molecule has 0 bridgehead atoms. The molecule has 0 unspecified atom stereocenters. The molecule has 0 saturated heterocycles. The van der Waals surface area contributed by atoms with Gasteiger partial charge in [-0.2, -0.15) is 0 Å². The van der Waals surface area contributed by atoms with Crippen LogP contribution in [-0.2, 0) is 19.4 Å². The van der Waals surface area contributed by atoms with Crippen molar-refractivity contribution in [1.82, 2.24) is 14.5 Å². The van der Waals surface area contributed by atoms with E-state index >= 15 is 0 Å². The van der Waals surface area contributed by atoms with Crippen LogP contribution in [-0.4, -0.2) is 26.2 Å². The summed E-state index contributed by atoms with van der Waals surface area (Å²) in [4.78, 5) is 9.93. The maximum Gasteiger partial charge on any atom is 0.112 e. The van der Waals surface area contributed by atoms with Gasteiger partial charge in [-0.3, -0.25) is 4.98 Å². The lowest BCUT2D eigenvalue weighted by atomic mass is 10.1. The number of hydrogen-bond acceptors (Lipinski definition) is 4. The number of aliphatic hydroxyl groups is 1. The van der Waals surface area contributed by atoms with Crippen LogP contribution in [0.2, 0.25) is 10.0 Å². The van der Waals surface area contributed by atoms with Gasteiger partial charge in [0.25, 0.3) is 0 Å². The highest BCUT2D eigenvalue weighted by molar-refractivity contribution is 7.99. The van der Waals surface area contributed by atoms with Gasteiger partial charge < -0.3 is 9.67 Å². The highest BCUT2D eigenvalue weighted by Gasteiger charge is 2.20. The second-order valence-corrected chi connectivity index (χ2v) is 9.10. The lowest BCUT2D eigenvalue weighted by Gasteiger charge is -2.14. The third-order valence-corrected chi connectivity index (χ3v) is 6.09. The molecule has 0 aliphatic carbocycles. The summed E-state index contributed by atoms with van der Waals surface area (Å²) in [7, 11) is 0. The number of aliphatic hydroxyl groups excluding tert-OH is 1. The van der Waals surface area contributed by atoms with Crippen LogP contribution < -0.4 is 0 Å². The zero-order valence-electron chi connectivity index (χ0n) is 16.6. The Morgan fingerprint density at radius 1 is 1.07 bits per heavy atom. The highest BCUT2D eigenvalue weighted by atomic mass is 35.5. The zero-order chi connectivity index (χ0) is 20.8. The number of halogens is 2. The first kappa shape index (κ1) is 22.2. The van der Waals surface area contributed by atoms with Crippen molar-refractivity contribution in [2.45, 2.75) is 55.5 Å². The van der Waals surface area contributed by atoms with Gasteiger partial charge in [0.2, 0.25) is 0 Å². The molecule has 0 amide bonds. The summed E-state index contributed by atoms with van der Waals surface area (Å²) in [5, 5.41) is 11.9. The minimum absolute atomic E-state index is 0.0754. The number of benzene rings is 1. The van der Waals surface area contributed by atoms with Gasteiger partial charge in [0.05, 0.1) is 12.3 Å². The van der Waals surface area contributed by atoms with Crippen LogP contribution in [0.1, 0.15) is 43.3 Å². The molecule has 0 radical (unpaired) electrons. The molecule has 2 aromatic heterocycles. The summed E-state index contributed by atoms with van der Waals surface area (Å²) in [6, 6.07) is 9.67. The number of pyridine rings is 1. The van der Waals surface area contributed by atoms with E-state index in [0.717, 1.165) is 40.8 Å². The molecule has 3 rings (SSSR count). The maximum absolute atomic E-state index is 9.55. The van der Waals surface area contributed by atoms with E-state index in [1.807, 2.05) is 36.7 Å². The Labute approximate surface area is 186 Å². The first-order valence-electron chi connectivity index (χ1n) is 9.71. The number of aromatic nitrogens is 3. The van der Waals surface area contributed by atoms with Crippen LogP contribution in [0, 0.1) is 0 Å². The van der Waals surface area contributed by atoms with Crippen molar-refractivity contribution in [1.29, 1.82) is 0 Å². The Morgan fingerprint density at radius 2 is 1.76 bits per heavy atom. The minimum atomic E-state index is 0.0754. The number of imidazole rings is 1. The SMILES string of the molecule is CC(C)c1nc(CCO)n(CCCc2ccncc2)c1Sc1cc(Cl)cc(Cl)c1. The number of aryl methyl sites for hydroxylation is 1. The molecule has 1 aromatic carbocycles. The first-order chi connectivity index (χ1) is 14.0. The summed E-state index contributed by atoms with van der Waals surface area (Å²) in [6.07, 6.45) is 6.12. The van der Waals surface area contributed by atoms with Crippen molar-refractivity contribution >= 4 is 35.0 Å². The van der Waals surface area contributed by atoms with E-state index in [9.17, 15) is 5.11 Å². The Bertz CT molecular complexity index is 924. The molecule has 3 aromatic rings. The van der Waals surface area contributed by atoms with Gasteiger partial charge in [0.15, 0.2) is 0 Å². The number of hydrogen-bond donors (Lipinski definition) is 1. The monoisotopic (exact) mass is 449 g/mol. The van der Waals surface area contributed by atoms with E-state index < -0.39 is 0 Å². The summed E-state index contributed by atoms with van der Waals surface area (Å²) in [5.41, 5.74) is 2.31. The average Bonchev–Trinajstić information content (AvgIpc) is 3.00. The average molecular weight is 450 g/mol. The van der Waals surface area contributed by atoms with Crippen molar-refractivity contribution in [2.24, 2.45) is 0 Å². The van der Waals surface area contributed by atoms with Crippen LogP contribution in [0.25, 0.3) is 0 Å². The van der Waals surface area contributed by atoms with Crippen molar-refractivity contribution in [3.8, 4) is 0 Å². The van der Waals surface area contributed by atoms with E-state index in [1.165, 1.54) is 5.56 Å². The van der Waals surface area contributed by atoms with E-state index in [2.05, 4.69) is 23.4 Å². The van der Waals surface area contributed by atoms with Crippen LogP contribution >= 0.6 is 35.0 Å². The molecule has 2 heterocycles. The van der Waals surface area contributed by atoms with Crippen molar-refractivity contribution in [2.75, 3.05) is 6.61 Å². The Hall–Kier alpha value is -1.53. The summed E-state index contributed by atoms with van der Waals surface area (Å²) < 4.78 is 2.24. The van der Waals surface area contributed by atoms with Crippen molar-refractivity contribution in [3.63, 3.8) is 0 Å². The van der Waals surface area contributed by atoms with Gasteiger partial charge in [0.1, 0.15) is 10.9 Å². The standard InChI is InChI=1S/C22H25Cl2N3OS/c1-15(2)21-22(29-19-13-17(23)12-18(24)14-19)27(20(26-21)7-11-28)10-3-4-16-5-8-25-9-6-16/h5-6,8-9,12-15,28H,3-4,7,10-11H2,1-2H3. The summed E-state index contributed by atoms with van der Waals surface area (Å²) >= 11 is 14.0. The van der Waals surface area contributed by atoms with E-state index in [-0.39, 0.29) is 12.5 Å². The van der Waals surface area contributed by atoms with Crippen LogP contribution in [0.3, 0.4) is 0 Å². The molecular formula is C22H25Cl2N3OS. The number of rotatable bonds is 9. The second kappa shape index (κ2) is 10.5. The van der Waals surface area contributed by atoms with Gasteiger partial charge in [-0.25, -0.2) is 4.98 Å². The van der Waals surface area contributed by atoms with Crippen molar-refractivity contribution < 1.29 is 5.11 Å². The van der Waals surface area contributed by atoms with Gasteiger partial charge in [-0.1, -0.05) is 48.8 Å². The van der Waals surface area contributed by atoms with Gasteiger partial charge in [-0.15, -0.1) is 0 Å². The molecule has 154 valence electrons. The predicted molar refractivity (Wildman–Crippen MR) is 120 cm³/mol. The van der Waals surface area contributed by atoms with E-state index in [1.54, 1.807) is 17.8 Å². The molecule has 0 atom stereocenters. The fraction of sp³-hybridized carbons (Fsp3) is 0.364. The predicted octanol–water partition coefficient (Wildman–Crippen LogP) is 6.03. The van der Waals surface area contributed by atoms with Crippen LogP contribution in [0.5, 0.6) is 0 Å². The fourth-order valence-corrected chi connectivity index (χ4v) is 5.14. The molecule has 1 N–H and O–H groups in total. The highest BCUT2D eigenvalue weighted by Crippen LogP contribution is 2.37. The normalized spacial score (nSPS) is 11.4. The van der Waals surface area contributed by atoms with Crippen molar-refractivity contribution in [3.05, 3.63) is 69.9 Å². The first-order valence-corrected chi connectivity index (χ1v) is 11.3. The molecule has 0 aliphatic heterocycles. The maximum atomic E-state index is 9.55. The molecule has 29 heavy (non-hydrogen) atoms. The van der Waals surface area contributed by atoms with Gasteiger partial charge in [0, 0.05) is 40.3 Å².